The Morgan fingerprint density at radius 3 is 2.67 bits per heavy atom. The quantitative estimate of drug-likeness (QED) is 0.899. The van der Waals surface area contributed by atoms with Gasteiger partial charge in [0.05, 0.1) is 17.8 Å². The van der Waals surface area contributed by atoms with Gasteiger partial charge in [0.15, 0.2) is 0 Å². The molecule has 1 aliphatic carbocycles. The number of nitrogens with zero attached hydrogens (tertiary/aromatic N) is 3. The SMILES string of the molecule is CCC(CC)n1ncc(C(=O)N2CC3CCCC3C2C(=O)O)c1C. The van der Waals surface area contributed by atoms with Crippen molar-refractivity contribution in [1.29, 1.82) is 0 Å². The number of carbonyl (C=O) groups excluding carboxylic acids is 1. The highest BCUT2D eigenvalue weighted by molar-refractivity contribution is 5.97. The van der Waals surface area contributed by atoms with Crippen LogP contribution < -0.4 is 0 Å². The standard InChI is InChI=1S/C18H27N3O3/c1-4-13(5-2)21-11(3)15(9-19-21)17(22)20-10-12-7-6-8-14(12)16(20)18(23)24/h9,12-14,16H,4-8,10H2,1-3H3,(H,23,24). The molecule has 0 bridgehead atoms. The van der Waals surface area contributed by atoms with Gasteiger partial charge in [0.2, 0.25) is 0 Å². The topological polar surface area (TPSA) is 75.4 Å². The molecule has 0 spiro atoms. The lowest BCUT2D eigenvalue weighted by atomic mass is 9.94. The molecule has 3 atom stereocenters. The first-order valence-electron chi connectivity index (χ1n) is 9.07. The van der Waals surface area contributed by atoms with Crippen molar-refractivity contribution >= 4 is 11.9 Å². The molecule has 1 aromatic rings. The second-order valence-electron chi connectivity index (χ2n) is 7.15. The van der Waals surface area contributed by atoms with Crippen LogP contribution in [0.5, 0.6) is 0 Å². The van der Waals surface area contributed by atoms with E-state index in [1.807, 2.05) is 11.6 Å². The molecular formula is C18H27N3O3. The Kier molecular flexibility index (Phi) is 4.65. The summed E-state index contributed by atoms with van der Waals surface area (Å²) in [5.41, 5.74) is 1.39. The van der Waals surface area contributed by atoms with Crippen molar-refractivity contribution < 1.29 is 14.7 Å². The summed E-state index contributed by atoms with van der Waals surface area (Å²) in [5, 5.41) is 14.1. The van der Waals surface area contributed by atoms with Crippen LogP contribution in [0.1, 0.15) is 68.0 Å². The predicted octanol–water partition coefficient (Wildman–Crippen LogP) is 2.88. The average Bonchev–Trinajstić information content (AvgIpc) is 3.22. The van der Waals surface area contributed by atoms with Crippen LogP contribution >= 0.6 is 0 Å². The molecule has 132 valence electrons. The van der Waals surface area contributed by atoms with E-state index in [-0.39, 0.29) is 17.9 Å². The van der Waals surface area contributed by atoms with E-state index < -0.39 is 12.0 Å². The highest BCUT2D eigenvalue weighted by atomic mass is 16.4. The van der Waals surface area contributed by atoms with Crippen molar-refractivity contribution in [3.8, 4) is 0 Å². The largest absolute Gasteiger partial charge is 0.480 e. The van der Waals surface area contributed by atoms with E-state index in [0.717, 1.165) is 37.8 Å². The normalized spacial score (nSPS) is 26.2. The molecule has 2 heterocycles. The Morgan fingerprint density at radius 2 is 2.04 bits per heavy atom. The summed E-state index contributed by atoms with van der Waals surface area (Å²) in [4.78, 5) is 26.4. The summed E-state index contributed by atoms with van der Waals surface area (Å²) in [6.07, 6.45) is 6.55. The number of rotatable bonds is 5. The van der Waals surface area contributed by atoms with Crippen LogP contribution in [0.25, 0.3) is 0 Å². The van der Waals surface area contributed by atoms with Gasteiger partial charge >= 0.3 is 5.97 Å². The first-order valence-corrected chi connectivity index (χ1v) is 9.07. The van der Waals surface area contributed by atoms with Gasteiger partial charge in [-0.3, -0.25) is 9.48 Å². The number of amides is 1. The molecule has 24 heavy (non-hydrogen) atoms. The number of likely N-dealkylation sites (tertiary alicyclic amines) is 1. The number of fused-ring (bicyclic) bond motifs is 1. The van der Waals surface area contributed by atoms with Gasteiger partial charge in [-0.1, -0.05) is 20.3 Å². The fraction of sp³-hybridized carbons (Fsp3) is 0.722. The first-order chi connectivity index (χ1) is 11.5. The molecule has 3 rings (SSSR count). The van der Waals surface area contributed by atoms with Gasteiger partial charge in [-0.25, -0.2) is 4.79 Å². The Bertz CT molecular complexity index is 635. The van der Waals surface area contributed by atoms with E-state index in [4.69, 9.17) is 0 Å². The fourth-order valence-electron chi connectivity index (χ4n) is 4.62. The van der Waals surface area contributed by atoms with Gasteiger partial charge in [0.25, 0.3) is 5.91 Å². The van der Waals surface area contributed by atoms with Crippen LogP contribution in [-0.4, -0.2) is 44.3 Å². The maximum absolute atomic E-state index is 13.0. The number of aliphatic carboxylic acids is 1. The average molecular weight is 333 g/mol. The molecule has 1 N–H and O–H groups in total. The molecule has 1 aliphatic heterocycles. The lowest BCUT2D eigenvalue weighted by Crippen LogP contribution is -2.43. The maximum Gasteiger partial charge on any atom is 0.326 e. The Labute approximate surface area is 142 Å². The monoisotopic (exact) mass is 333 g/mol. The van der Waals surface area contributed by atoms with Crippen LogP contribution in [-0.2, 0) is 4.79 Å². The van der Waals surface area contributed by atoms with Crippen molar-refractivity contribution in [2.24, 2.45) is 11.8 Å². The molecular weight excluding hydrogens is 306 g/mol. The van der Waals surface area contributed by atoms with Crippen molar-refractivity contribution in [2.45, 2.75) is 65.0 Å². The molecule has 2 aliphatic rings. The van der Waals surface area contributed by atoms with Crippen LogP contribution in [0, 0.1) is 18.8 Å². The maximum atomic E-state index is 13.0. The predicted molar refractivity (Wildman–Crippen MR) is 89.9 cm³/mol. The van der Waals surface area contributed by atoms with E-state index in [1.54, 1.807) is 11.1 Å². The third-order valence-corrected chi connectivity index (χ3v) is 5.97. The summed E-state index contributed by atoms with van der Waals surface area (Å²) >= 11 is 0. The van der Waals surface area contributed by atoms with Gasteiger partial charge in [0, 0.05) is 12.2 Å². The molecule has 0 aromatic carbocycles. The van der Waals surface area contributed by atoms with Crippen LogP contribution in [0.2, 0.25) is 0 Å². The zero-order valence-corrected chi connectivity index (χ0v) is 14.7. The summed E-state index contributed by atoms with van der Waals surface area (Å²) in [7, 11) is 0. The van der Waals surface area contributed by atoms with Crippen molar-refractivity contribution in [3.05, 3.63) is 17.5 Å². The molecule has 1 saturated carbocycles. The molecule has 1 aromatic heterocycles. The van der Waals surface area contributed by atoms with Crippen molar-refractivity contribution in [1.82, 2.24) is 14.7 Å². The summed E-state index contributed by atoms with van der Waals surface area (Å²) in [5.74, 6) is -0.598. The molecule has 6 heteroatoms. The van der Waals surface area contributed by atoms with Gasteiger partial charge in [0.1, 0.15) is 6.04 Å². The third kappa shape index (κ3) is 2.62. The lowest BCUT2D eigenvalue weighted by molar-refractivity contribution is -0.142. The van der Waals surface area contributed by atoms with Crippen molar-refractivity contribution in [3.63, 3.8) is 0 Å². The number of carbonyl (C=O) groups is 2. The van der Waals surface area contributed by atoms with Crippen LogP contribution in [0.3, 0.4) is 0 Å². The minimum absolute atomic E-state index is 0.112. The van der Waals surface area contributed by atoms with E-state index in [9.17, 15) is 14.7 Å². The number of aromatic nitrogens is 2. The summed E-state index contributed by atoms with van der Waals surface area (Å²) in [6, 6.07) is -0.402. The van der Waals surface area contributed by atoms with E-state index >= 15 is 0 Å². The van der Waals surface area contributed by atoms with Gasteiger partial charge in [-0.15, -0.1) is 0 Å². The smallest absolute Gasteiger partial charge is 0.326 e. The molecule has 1 saturated heterocycles. The van der Waals surface area contributed by atoms with Crippen LogP contribution in [0.4, 0.5) is 0 Å². The summed E-state index contributed by atoms with van der Waals surface area (Å²) in [6.45, 7) is 6.69. The summed E-state index contributed by atoms with van der Waals surface area (Å²) < 4.78 is 1.92. The molecule has 0 radical (unpaired) electrons. The second kappa shape index (κ2) is 6.57. The van der Waals surface area contributed by atoms with E-state index in [0.29, 0.717) is 18.0 Å². The van der Waals surface area contributed by atoms with Crippen LogP contribution in [0.15, 0.2) is 6.20 Å². The number of carboxylic acids is 1. The lowest BCUT2D eigenvalue weighted by Gasteiger charge is -2.24. The first kappa shape index (κ1) is 17.0. The molecule has 3 unspecified atom stereocenters. The minimum Gasteiger partial charge on any atom is -0.480 e. The Hall–Kier alpha value is -1.85. The van der Waals surface area contributed by atoms with Crippen molar-refractivity contribution in [2.75, 3.05) is 6.54 Å². The van der Waals surface area contributed by atoms with Gasteiger partial charge < -0.3 is 10.0 Å². The zero-order chi connectivity index (χ0) is 17.4. The Balaban J connectivity index is 1.88. The number of hydrogen-bond acceptors (Lipinski definition) is 3. The number of carboxylic acid groups (broad SMARTS) is 1. The molecule has 2 fully saturated rings. The van der Waals surface area contributed by atoms with E-state index in [2.05, 4.69) is 18.9 Å². The highest BCUT2D eigenvalue weighted by Gasteiger charge is 2.50. The molecule has 6 nitrogen and oxygen atoms in total. The highest BCUT2D eigenvalue weighted by Crippen LogP contribution is 2.42. The fourth-order valence-corrected chi connectivity index (χ4v) is 4.62. The molecule has 1 amide bonds. The second-order valence-corrected chi connectivity index (χ2v) is 7.15. The minimum atomic E-state index is -0.872. The Morgan fingerprint density at radius 1 is 1.33 bits per heavy atom. The van der Waals surface area contributed by atoms with Gasteiger partial charge in [-0.05, 0) is 44.4 Å². The zero-order valence-electron chi connectivity index (χ0n) is 14.7. The van der Waals surface area contributed by atoms with E-state index in [1.165, 1.54) is 0 Å². The van der Waals surface area contributed by atoms with Gasteiger partial charge in [-0.2, -0.15) is 5.10 Å². The number of hydrogen-bond donors (Lipinski definition) is 1. The third-order valence-electron chi connectivity index (χ3n) is 5.97.